The van der Waals surface area contributed by atoms with E-state index in [2.05, 4.69) is 10.3 Å². The zero-order chi connectivity index (χ0) is 11.4. The second-order valence-electron chi connectivity index (χ2n) is 3.03. The first-order valence-electron chi connectivity index (χ1n) is 4.31. The summed E-state index contributed by atoms with van der Waals surface area (Å²) in [5.41, 5.74) is -0.425. The number of hydrogen-bond acceptors (Lipinski definition) is 4. The lowest BCUT2D eigenvalue weighted by Gasteiger charge is -2.11. The number of alkyl halides is 2. The minimum absolute atomic E-state index is 0.0344. The average molecular weight is 216 g/mol. The van der Waals surface area contributed by atoms with Crippen molar-refractivity contribution in [2.75, 3.05) is 6.61 Å². The molecule has 0 fully saturated rings. The Morgan fingerprint density at radius 2 is 2.27 bits per heavy atom. The molecule has 1 unspecified atom stereocenters. The maximum Gasteiger partial charge on any atom is 0.281 e. The Morgan fingerprint density at radius 1 is 1.60 bits per heavy atom. The van der Waals surface area contributed by atoms with Crippen LogP contribution in [-0.2, 0) is 6.42 Å². The molecule has 0 amide bonds. The van der Waals surface area contributed by atoms with Crippen LogP contribution in [0.2, 0.25) is 0 Å². The number of aliphatic hydroxyl groups is 1. The van der Waals surface area contributed by atoms with Gasteiger partial charge in [0, 0.05) is 0 Å². The van der Waals surface area contributed by atoms with Crippen LogP contribution in [0, 0.1) is 11.3 Å². The molecular formula is C8H10F2N4O. The van der Waals surface area contributed by atoms with Crippen LogP contribution < -0.4 is 0 Å². The van der Waals surface area contributed by atoms with Crippen molar-refractivity contribution in [3.8, 4) is 6.07 Å². The molecule has 1 aromatic rings. The van der Waals surface area contributed by atoms with Crippen molar-refractivity contribution in [3.63, 3.8) is 0 Å². The zero-order valence-electron chi connectivity index (χ0n) is 8.06. The van der Waals surface area contributed by atoms with Crippen molar-refractivity contribution in [1.82, 2.24) is 15.0 Å². The summed E-state index contributed by atoms with van der Waals surface area (Å²) in [7, 11) is 0. The summed E-state index contributed by atoms with van der Waals surface area (Å²) in [5.74, 6) is 0. The molecule has 0 aliphatic rings. The van der Waals surface area contributed by atoms with Crippen molar-refractivity contribution in [3.05, 3.63) is 11.4 Å². The normalized spacial score (nSPS) is 12.8. The van der Waals surface area contributed by atoms with Gasteiger partial charge < -0.3 is 5.11 Å². The van der Waals surface area contributed by atoms with Crippen molar-refractivity contribution < 1.29 is 13.9 Å². The summed E-state index contributed by atoms with van der Waals surface area (Å²) >= 11 is 0. The smallest absolute Gasteiger partial charge is 0.281 e. The monoisotopic (exact) mass is 216 g/mol. The summed E-state index contributed by atoms with van der Waals surface area (Å²) < 4.78 is 26.3. The number of rotatable bonds is 4. The van der Waals surface area contributed by atoms with E-state index in [9.17, 15) is 8.78 Å². The van der Waals surface area contributed by atoms with Crippen LogP contribution in [0.5, 0.6) is 0 Å². The van der Waals surface area contributed by atoms with Crippen molar-refractivity contribution in [2.45, 2.75) is 25.8 Å². The Balaban J connectivity index is 3.13. The third-order valence-corrected chi connectivity index (χ3v) is 1.94. The molecule has 15 heavy (non-hydrogen) atoms. The highest BCUT2D eigenvalue weighted by molar-refractivity contribution is 5.16. The Hall–Kier alpha value is -1.55. The van der Waals surface area contributed by atoms with Crippen LogP contribution in [0.3, 0.4) is 0 Å². The van der Waals surface area contributed by atoms with Gasteiger partial charge in [-0.05, 0) is 6.92 Å². The minimum atomic E-state index is -2.75. The van der Waals surface area contributed by atoms with Gasteiger partial charge in [0.15, 0.2) is 0 Å². The second-order valence-corrected chi connectivity index (χ2v) is 3.03. The fraction of sp³-hybridized carbons (Fsp3) is 0.625. The van der Waals surface area contributed by atoms with Gasteiger partial charge in [0.05, 0.1) is 25.1 Å². The lowest BCUT2D eigenvalue weighted by atomic mass is 10.2. The molecule has 0 saturated heterocycles. The number of hydrogen-bond donors (Lipinski definition) is 1. The van der Waals surface area contributed by atoms with Crippen molar-refractivity contribution in [1.29, 1.82) is 5.26 Å². The molecule has 1 rings (SSSR count). The van der Waals surface area contributed by atoms with E-state index in [1.165, 1.54) is 6.92 Å². The number of nitriles is 1. The molecule has 0 radical (unpaired) electrons. The number of aromatic nitrogens is 3. The quantitative estimate of drug-likeness (QED) is 0.809. The molecule has 0 aliphatic heterocycles. The van der Waals surface area contributed by atoms with Crippen LogP contribution in [0.25, 0.3) is 0 Å². The van der Waals surface area contributed by atoms with E-state index in [0.29, 0.717) is 0 Å². The minimum Gasteiger partial charge on any atom is -0.394 e. The van der Waals surface area contributed by atoms with Gasteiger partial charge in [0.2, 0.25) is 0 Å². The van der Waals surface area contributed by atoms with E-state index < -0.39 is 18.2 Å². The molecule has 1 atom stereocenters. The summed E-state index contributed by atoms with van der Waals surface area (Å²) in [6, 6.07) is 1.16. The summed E-state index contributed by atoms with van der Waals surface area (Å²) in [6.07, 6.45) is -2.96. The molecule has 1 aromatic heterocycles. The van der Waals surface area contributed by atoms with E-state index in [1.54, 1.807) is 6.07 Å². The fourth-order valence-electron chi connectivity index (χ4n) is 1.16. The molecule has 0 spiro atoms. The molecule has 5 nitrogen and oxygen atoms in total. The van der Waals surface area contributed by atoms with Gasteiger partial charge >= 0.3 is 0 Å². The van der Waals surface area contributed by atoms with Gasteiger partial charge in [-0.3, -0.25) is 0 Å². The maximum absolute atomic E-state index is 12.6. The highest BCUT2D eigenvalue weighted by Crippen LogP contribution is 2.24. The van der Waals surface area contributed by atoms with Gasteiger partial charge in [-0.15, -0.1) is 5.10 Å². The first kappa shape index (κ1) is 11.5. The first-order chi connectivity index (χ1) is 7.11. The molecule has 1 heterocycles. The van der Waals surface area contributed by atoms with E-state index in [4.69, 9.17) is 10.4 Å². The lowest BCUT2D eigenvalue weighted by molar-refractivity contribution is 0.129. The van der Waals surface area contributed by atoms with E-state index in [-0.39, 0.29) is 18.7 Å². The molecule has 1 N–H and O–H groups in total. The summed E-state index contributed by atoms with van der Waals surface area (Å²) in [6.45, 7) is 1.23. The number of aliphatic hydroxyl groups excluding tert-OH is 1. The average Bonchev–Trinajstić information content (AvgIpc) is 2.61. The third kappa shape index (κ3) is 2.27. The molecule has 7 heteroatoms. The Bertz CT molecular complexity index is 371. The summed E-state index contributed by atoms with van der Waals surface area (Å²) in [5, 5.41) is 24.2. The molecule has 0 bridgehead atoms. The van der Waals surface area contributed by atoms with Crippen LogP contribution in [-0.4, -0.2) is 26.7 Å². The van der Waals surface area contributed by atoms with Gasteiger partial charge in [0.1, 0.15) is 11.4 Å². The largest absolute Gasteiger partial charge is 0.394 e. The third-order valence-electron chi connectivity index (χ3n) is 1.94. The number of halogens is 2. The van der Waals surface area contributed by atoms with Crippen LogP contribution in [0.4, 0.5) is 8.78 Å². The van der Waals surface area contributed by atoms with Crippen LogP contribution >= 0.6 is 0 Å². The molecule has 0 aromatic carbocycles. The molecule has 0 saturated carbocycles. The van der Waals surface area contributed by atoms with Crippen LogP contribution in [0.1, 0.15) is 30.8 Å². The Kier molecular flexibility index (Phi) is 3.68. The van der Waals surface area contributed by atoms with Gasteiger partial charge in [-0.1, -0.05) is 5.21 Å². The maximum atomic E-state index is 12.6. The molecule has 82 valence electrons. The highest BCUT2D eigenvalue weighted by atomic mass is 19.3. The first-order valence-corrected chi connectivity index (χ1v) is 4.31. The molecule has 0 aliphatic carbocycles. The second kappa shape index (κ2) is 4.79. The van der Waals surface area contributed by atoms with Crippen molar-refractivity contribution in [2.24, 2.45) is 0 Å². The number of nitrogens with zero attached hydrogens (tertiary/aromatic N) is 4. The molecular weight excluding hydrogens is 206 g/mol. The Morgan fingerprint density at radius 3 is 2.73 bits per heavy atom. The zero-order valence-corrected chi connectivity index (χ0v) is 8.06. The fourth-order valence-corrected chi connectivity index (χ4v) is 1.16. The van der Waals surface area contributed by atoms with Crippen LogP contribution in [0.15, 0.2) is 0 Å². The standard InChI is InChI=1S/C8H10F2N4O/c1-5(4-15)14-7(8(9)10)6(2-3-11)12-13-14/h5,8,15H,2,4H2,1H3. The Labute approximate surface area is 84.9 Å². The highest BCUT2D eigenvalue weighted by Gasteiger charge is 2.23. The summed E-state index contributed by atoms with van der Waals surface area (Å²) in [4.78, 5) is 0. The van der Waals surface area contributed by atoms with Gasteiger partial charge in [0.25, 0.3) is 6.43 Å². The van der Waals surface area contributed by atoms with E-state index >= 15 is 0 Å². The van der Waals surface area contributed by atoms with Gasteiger partial charge in [-0.2, -0.15) is 5.26 Å². The van der Waals surface area contributed by atoms with Gasteiger partial charge in [-0.25, -0.2) is 13.5 Å². The predicted octanol–water partition coefficient (Wildman–Crippen LogP) is 0.835. The van der Waals surface area contributed by atoms with E-state index in [1.807, 2.05) is 0 Å². The van der Waals surface area contributed by atoms with E-state index in [0.717, 1.165) is 4.68 Å². The lowest BCUT2D eigenvalue weighted by Crippen LogP contribution is -2.15. The predicted molar refractivity (Wildman–Crippen MR) is 46.1 cm³/mol. The topological polar surface area (TPSA) is 74.7 Å². The van der Waals surface area contributed by atoms with Crippen molar-refractivity contribution >= 4 is 0 Å². The SMILES string of the molecule is CC(CO)n1nnc(CC#N)c1C(F)F.